The molecular formula is C99H96F8N16O23S. The first kappa shape index (κ1) is 104. The Kier molecular flexibility index (Phi) is 32.5. The van der Waals surface area contributed by atoms with Gasteiger partial charge in [0.2, 0.25) is 21.7 Å². The Bertz CT molecular complexity index is 6660. The van der Waals surface area contributed by atoms with E-state index in [1.165, 1.54) is 98.9 Å². The largest absolute Gasteiger partial charge is 0.502 e. The van der Waals surface area contributed by atoms with E-state index in [0.717, 1.165) is 86.9 Å². The van der Waals surface area contributed by atoms with Crippen LogP contribution in [0.15, 0.2) is 202 Å². The number of carbonyl (C=O) groups is 8. The molecule has 7 aliphatic rings. The molecule has 12 aromatic rings. The number of pyridine rings is 4. The second kappa shape index (κ2) is 46.1. The van der Waals surface area contributed by atoms with E-state index in [1.54, 1.807) is 56.4 Å². The molecule has 0 radical (unpaired) electrons. The van der Waals surface area contributed by atoms with Gasteiger partial charge < -0.3 is 93.5 Å². The molecule has 15 heterocycles. The monoisotopic (exact) mass is 2060 g/mol. The van der Waals surface area contributed by atoms with Gasteiger partial charge in [0.05, 0.1) is 69.9 Å². The Morgan fingerprint density at radius 2 is 0.673 bits per heavy atom. The minimum atomic E-state index is -1.06. The zero-order valence-corrected chi connectivity index (χ0v) is 79.2. The minimum absolute atomic E-state index is 0.00611. The third kappa shape index (κ3) is 23.8. The highest BCUT2D eigenvalue weighted by molar-refractivity contribution is 7.08. The van der Waals surface area contributed by atoms with E-state index in [2.05, 4.69) is 21.3 Å². The zero-order chi connectivity index (χ0) is 104. The Morgan fingerprint density at radius 1 is 0.388 bits per heavy atom. The number of amides is 8. The van der Waals surface area contributed by atoms with Crippen molar-refractivity contribution in [3.8, 4) is 23.0 Å². The molecule has 8 N–H and O–H groups in total. The lowest BCUT2D eigenvalue weighted by Crippen LogP contribution is -2.55. The van der Waals surface area contributed by atoms with Crippen molar-refractivity contribution in [1.82, 2.24) is 59.6 Å². The van der Waals surface area contributed by atoms with E-state index in [9.17, 15) is 113 Å². The molecule has 3 fully saturated rings. The zero-order valence-electron chi connectivity index (χ0n) is 78.3. The molecule has 48 heteroatoms. The van der Waals surface area contributed by atoms with Crippen LogP contribution in [0.2, 0.25) is 0 Å². The summed E-state index contributed by atoms with van der Waals surface area (Å²) < 4.78 is 152. The number of aromatic nitrogens is 4. The van der Waals surface area contributed by atoms with Crippen LogP contribution >= 0.6 is 11.3 Å². The third-order valence-corrected chi connectivity index (χ3v) is 25.5. The van der Waals surface area contributed by atoms with Crippen LogP contribution in [-0.4, -0.2) is 210 Å². The molecule has 8 amide bonds. The van der Waals surface area contributed by atoms with Crippen LogP contribution in [0.3, 0.4) is 0 Å². The molecule has 39 nitrogen and oxygen atoms in total. The van der Waals surface area contributed by atoms with Gasteiger partial charge >= 0.3 is 0 Å². The summed E-state index contributed by atoms with van der Waals surface area (Å²) in [5.74, 6) is -14.2. The second-order valence-electron chi connectivity index (χ2n) is 34.7. The van der Waals surface area contributed by atoms with Crippen molar-refractivity contribution >= 4 is 58.6 Å². The lowest BCUT2D eigenvalue weighted by Gasteiger charge is -2.40. The van der Waals surface area contributed by atoms with Crippen LogP contribution in [0, 0.1) is 46.5 Å². The van der Waals surface area contributed by atoms with Gasteiger partial charge in [-0.25, -0.2) is 35.1 Å². The number of rotatable bonds is 30. The molecule has 3 saturated heterocycles. The summed E-state index contributed by atoms with van der Waals surface area (Å²) in [7, 11) is 0. The number of thiophene rings is 1. The van der Waals surface area contributed by atoms with Gasteiger partial charge in [0.15, 0.2) is 45.8 Å². The molecule has 772 valence electrons. The molecule has 8 aromatic heterocycles. The van der Waals surface area contributed by atoms with Crippen LogP contribution in [0.1, 0.15) is 174 Å². The average Bonchev–Trinajstić information content (AvgIpc) is 1.19. The Labute approximate surface area is 832 Å². The number of ether oxygens (including phenoxy) is 4. The standard InChI is InChI=1S/2C25H24F2N4O6.C25H24F2N4O5S.C24H24F2N4O6/c2*26-16-6-5-15(20(27)9-16)10-28-24(34)19-13-31-21(23(33)22(19)32)25(35)29(11-17-3-1-7-36-17)14-30(31)12-18-4-2-8-37-18;26-17-4-3-16(20(27)8-17)9-28-24(34)19-12-31-21(23(33)22(19)32)25(35)29(11-18-2-1-6-36-18)14-30(31)10-15-5-7-37-13-15;1-2-35-9-7-28-14-29(12-17-4-3-8-36-17)30-13-18(21(31)22(32)20(30)24(28)34)23(33)27-11-15-5-6-16(25)10-19(15)26/h2*2,4-6,8-9,13,17,33H,1,3,7,10-12,14H2,(H,28,34);3-5,7-8,12-13,18,33H,1-2,6,9-11,14H2,(H,28,34);3-6,8,10,13,32H,2,7,9,11-12,14H2,1H3,(H,27,33)/t2*17-;18-;/m100./s1. The van der Waals surface area contributed by atoms with Gasteiger partial charge in [-0.15, -0.1) is 0 Å². The number of fused-ring (bicyclic) bond motifs is 4. The van der Waals surface area contributed by atoms with Crippen LogP contribution in [0.25, 0.3) is 0 Å². The van der Waals surface area contributed by atoms with Crippen molar-refractivity contribution in [2.45, 2.75) is 116 Å². The molecule has 0 unspecified atom stereocenters. The number of nitrogens with zero attached hydrogens (tertiary/aromatic N) is 12. The van der Waals surface area contributed by atoms with Crippen LogP contribution in [0.4, 0.5) is 35.1 Å². The maximum atomic E-state index is 14.0. The topological polar surface area (TPSA) is 456 Å². The molecule has 3 atom stereocenters. The van der Waals surface area contributed by atoms with Gasteiger partial charge in [-0.2, -0.15) is 11.3 Å². The van der Waals surface area contributed by atoms with Gasteiger partial charge in [0, 0.05) is 150 Å². The van der Waals surface area contributed by atoms with Crippen LogP contribution < -0.4 is 63.0 Å². The molecule has 19 rings (SSSR count). The maximum Gasteiger partial charge on any atom is 0.277 e. The van der Waals surface area contributed by atoms with Gasteiger partial charge in [-0.3, -0.25) is 96.3 Å². The van der Waals surface area contributed by atoms with E-state index >= 15 is 0 Å². The van der Waals surface area contributed by atoms with Gasteiger partial charge in [-0.05, 0) is 129 Å². The Hall–Kier alpha value is -16.3. The highest BCUT2D eigenvalue weighted by Gasteiger charge is 2.42. The fraction of sp³-hybridized carbons (Fsp3) is 0.313. The first-order chi connectivity index (χ1) is 70.7. The Morgan fingerprint density at radius 3 is 0.925 bits per heavy atom. The molecule has 147 heavy (non-hydrogen) atoms. The first-order valence-corrected chi connectivity index (χ1v) is 47.2. The average molecular weight is 2060 g/mol. The van der Waals surface area contributed by atoms with E-state index in [4.69, 9.17) is 32.2 Å². The molecule has 0 spiro atoms. The third-order valence-electron chi connectivity index (χ3n) is 24.7. The van der Waals surface area contributed by atoms with Crippen LogP contribution in [0.5, 0.6) is 23.0 Å². The lowest BCUT2D eigenvalue weighted by atomic mass is 10.1. The van der Waals surface area contributed by atoms with Gasteiger partial charge in [0.25, 0.3) is 47.3 Å². The number of hydrogen-bond donors (Lipinski definition) is 8. The number of carbonyl (C=O) groups excluding carboxylic acids is 8. The predicted octanol–water partition coefficient (Wildman–Crippen LogP) is 8.67. The van der Waals surface area contributed by atoms with Crippen LogP contribution in [-0.2, 0) is 71.3 Å². The smallest absolute Gasteiger partial charge is 0.277 e. The highest BCUT2D eigenvalue weighted by atomic mass is 32.1. The quantitative estimate of drug-likeness (QED) is 0.0154. The number of benzene rings is 4. The number of furan rings is 3. The fourth-order valence-electron chi connectivity index (χ4n) is 17.2. The minimum Gasteiger partial charge on any atom is -0.502 e. The molecule has 0 bridgehead atoms. The summed E-state index contributed by atoms with van der Waals surface area (Å²) in [5.41, 5.74) is -6.09. The highest BCUT2D eigenvalue weighted by Crippen LogP contribution is 2.32. The molecule has 0 aliphatic carbocycles. The molecular weight excluding hydrogens is 1970 g/mol. The van der Waals surface area contributed by atoms with E-state index < -0.39 is 161 Å². The summed E-state index contributed by atoms with van der Waals surface area (Å²) >= 11 is 1.50. The normalized spacial score (nSPS) is 16.2. The van der Waals surface area contributed by atoms with Crippen molar-refractivity contribution in [3.05, 3.63) is 347 Å². The van der Waals surface area contributed by atoms with Crippen molar-refractivity contribution < 1.29 is 126 Å². The number of nitrogens with one attached hydrogen (secondary N) is 4. The lowest BCUT2D eigenvalue weighted by molar-refractivity contribution is 0.0451. The van der Waals surface area contributed by atoms with E-state index in [-0.39, 0.29) is 162 Å². The van der Waals surface area contributed by atoms with Crippen molar-refractivity contribution in [1.29, 1.82) is 0 Å². The predicted molar refractivity (Wildman–Crippen MR) is 505 cm³/mol. The summed E-state index contributed by atoms with van der Waals surface area (Å²) in [5, 5.41) is 63.2. The summed E-state index contributed by atoms with van der Waals surface area (Å²) in [6, 6.07) is 23.8. The van der Waals surface area contributed by atoms with E-state index in [0.29, 0.717) is 81.1 Å². The molecule has 7 aliphatic heterocycles. The first-order valence-electron chi connectivity index (χ1n) is 46.3. The fourth-order valence-corrected chi connectivity index (χ4v) is 17.9. The molecule has 4 aromatic carbocycles. The molecule has 0 saturated carbocycles. The van der Waals surface area contributed by atoms with Gasteiger partial charge in [-0.1, -0.05) is 24.3 Å². The van der Waals surface area contributed by atoms with E-state index in [1.807, 2.05) is 23.8 Å². The summed E-state index contributed by atoms with van der Waals surface area (Å²) in [6.07, 6.45) is 13.7. The van der Waals surface area contributed by atoms with Crippen molar-refractivity contribution in [2.75, 3.05) is 106 Å². The van der Waals surface area contributed by atoms with Crippen molar-refractivity contribution in [2.24, 2.45) is 0 Å². The second-order valence-corrected chi connectivity index (χ2v) is 35.5. The summed E-state index contributed by atoms with van der Waals surface area (Å²) in [6.45, 7) is 5.32. The number of aromatic hydroxyl groups is 4. The Balaban J connectivity index is 0.000000140. The number of hydrogen-bond acceptors (Lipinski definition) is 28. The number of halogens is 8. The summed E-state index contributed by atoms with van der Waals surface area (Å²) in [4.78, 5) is 162. The maximum absolute atomic E-state index is 14.0. The van der Waals surface area contributed by atoms with Crippen molar-refractivity contribution in [3.63, 3.8) is 0 Å². The SMILES string of the molecule is CCOCCN1CN(Cc2ccco2)n2cc(C(=O)NCc3ccc(F)cc3F)c(=O)c(O)c2C1=O.O=C(NCc1ccc(F)cc1F)c1cn2c(c(O)c1=O)C(=O)N(C[C@@H]1CCCO1)CN2Cc1ccco1.O=C(NCc1ccc(F)cc1F)c1cn2c(c(O)c1=O)C(=O)N(C[C@@H]1CCCO1)CN2Cc1ccsc1.O=C(NCc1ccc(F)cc1F)c1cn2c(c(O)c1=O)C(=O)N(C[C@H]1CCCO1)CN2Cc1ccco1. The van der Waals surface area contributed by atoms with Gasteiger partial charge in [0.1, 0.15) is 113 Å².